The van der Waals surface area contributed by atoms with E-state index in [1.807, 2.05) is 0 Å². The number of halogens is 1. The van der Waals surface area contributed by atoms with Gasteiger partial charge in [-0.3, -0.25) is 0 Å². The number of benzene rings is 1. The monoisotopic (exact) mass is 340 g/mol. The molecule has 0 fully saturated rings. The van der Waals surface area contributed by atoms with E-state index in [9.17, 15) is 0 Å². The van der Waals surface area contributed by atoms with Crippen molar-refractivity contribution in [2.24, 2.45) is 5.41 Å². The quantitative estimate of drug-likeness (QED) is 0.759. The van der Waals surface area contributed by atoms with Crippen LogP contribution >= 0.6 is 15.9 Å². The van der Waals surface area contributed by atoms with E-state index in [1.54, 1.807) is 0 Å². The standard InChI is InChI=1S/C17H29BrN2/c1-6-11-19-14(2)17(3,4)13-20(5)12-15-7-9-16(18)10-8-15/h7-10,14,19H,6,11-13H2,1-5H3. The fourth-order valence-electron chi connectivity index (χ4n) is 2.43. The van der Waals surface area contributed by atoms with Gasteiger partial charge in [-0.15, -0.1) is 0 Å². The van der Waals surface area contributed by atoms with Gasteiger partial charge < -0.3 is 10.2 Å². The Hall–Kier alpha value is -0.380. The number of nitrogens with zero attached hydrogens (tertiary/aromatic N) is 1. The summed E-state index contributed by atoms with van der Waals surface area (Å²) in [6, 6.07) is 9.12. The highest BCUT2D eigenvalue weighted by Gasteiger charge is 2.26. The molecule has 20 heavy (non-hydrogen) atoms. The van der Waals surface area contributed by atoms with Crippen molar-refractivity contribution < 1.29 is 0 Å². The summed E-state index contributed by atoms with van der Waals surface area (Å²) in [6.45, 7) is 12.4. The molecule has 2 nitrogen and oxygen atoms in total. The summed E-state index contributed by atoms with van der Waals surface area (Å²) in [5.74, 6) is 0. The van der Waals surface area contributed by atoms with E-state index in [1.165, 1.54) is 12.0 Å². The van der Waals surface area contributed by atoms with Crippen molar-refractivity contribution in [1.29, 1.82) is 0 Å². The zero-order valence-corrected chi connectivity index (χ0v) is 15.1. The van der Waals surface area contributed by atoms with E-state index in [0.29, 0.717) is 6.04 Å². The van der Waals surface area contributed by atoms with Crippen LogP contribution < -0.4 is 5.32 Å². The number of rotatable bonds is 8. The molecule has 1 unspecified atom stereocenters. The van der Waals surface area contributed by atoms with Crippen molar-refractivity contribution in [3.63, 3.8) is 0 Å². The molecule has 0 bridgehead atoms. The number of hydrogen-bond donors (Lipinski definition) is 1. The first-order chi connectivity index (χ1) is 9.35. The summed E-state index contributed by atoms with van der Waals surface area (Å²) in [5.41, 5.74) is 1.62. The summed E-state index contributed by atoms with van der Waals surface area (Å²) >= 11 is 3.48. The van der Waals surface area contributed by atoms with Crippen LogP contribution in [0.1, 0.15) is 39.7 Å². The van der Waals surface area contributed by atoms with Crippen LogP contribution in [0.25, 0.3) is 0 Å². The Morgan fingerprint density at radius 3 is 2.40 bits per heavy atom. The summed E-state index contributed by atoms with van der Waals surface area (Å²) < 4.78 is 1.14. The Morgan fingerprint density at radius 2 is 1.85 bits per heavy atom. The van der Waals surface area contributed by atoms with Gasteiger partial charge in [0.25, 0.3) is 0 Å². The zero-order chi connectivity index (χ0) is 15.2. The van der Waals surface area contributed by atoms with Crippen LogP contribution in [-0.2, 0) is 6.54 Å². The normalized spacial score (nSPS) is 13.8. The molecular weight excluding hydrogens is 312 g/mol. The van der Waals surface area contributed by atoms with Gasteiger partial charge in [-0.25, -0.2) is 0 Å². The van der Waals surface area contributed by atoms with Gasteiger partial charge in [0.15, 0.2) is 0 Å². The minimum absolute atomic E-state index is 0.263. The second-order valence-electron chi connectivity index (χ2n) is 6.46. The third-order valence-corrected chi connectivity index (χ3v) is 4.44. The molecule has 1 N–H and O–H groups in total. The second-order valence-corrected chi connectivity index (χ2v) is 7.38. The summed E-state index contributed by atoms with van der Waals surface area (Å²) in [7, 11) is 2.20. The average Bonchev–Trinajstić information content (AvgIpc) is 2.37. The van der Waals surface area contributed by atoms with Crippen molar-refractivity contribution in [2.75, 3.05) is 20.1 Å². The molecule has 0 aliphatic rings. The van der Waals surface area contributed by atoms with E-state index in [-0.39, 0.29) is 5.41 Å². The van der Waals surface area contributed by atoms with Crippen molar-refractivity contribution in [1.82, 2.24) is 10.2 Å². The lowest BCUT2D eigenvalue weighted by molar-refractivity contribution is 0.160. The van der Waals surface area contributed by atoms with Gasteiger partial charge >= 0.3 is 0 Å². The molecule has 0 aliphatic carbocycles. The van der Waals surface area contributed by atoms with Gasteiger partial charge in [-0.05, 0) is 50.0 Å². The first-order valence-corrected chi connectivity index (χ1v) is 8.31. The molecular formula is C17H29BrN2. The van der Waals surface area contributed by atoms with Gasteiger partial charge in [0, 0.05) is 23.6 Å². The smallest absolute Gasteiger partial charge is 0.0230 e. The van der Waals surface area contributed by atoms with Crippen LogP contribution in [-0.4, -0.2) is 31.1 Å². The lowest BCUT2D eigenvalue weighted by atomic mass is 9.84. The molecule has 0 aromatic heterocycles. The van der Waals surface area contributed by atoms with Crippen LogP contribution in [0.3, 0.4) is 0 Å². The predicted octanol–water partition coefficient (Wildman–Crippen LogP) is 4.30. The lowest BCUT2D eigenvalue weighted by Crippen LogP contribution is -2.46. The van der Waals surface area contributed by atoms with Crippen LogP contribution in [0.5, 0.6) is 0 Å². The third kappa shape index (κ3) is 5.94. The molecule has 0 spiro atoms. The van der Waals surface area contributed by atoms with Crippen molar-refractivity contribution in [3.8, 4) is 0 Å². The molecule has 0 aliphatic heterocycles. The van der Waals surface area contributed by atoms with Gasteiger partial charge in [-0.2, -0.15) is 0 Å². The molecule has 0 saturated heterocycles. The average molecular weight is 341 g/mol. The van der Waals surface area contributed by atoms with Gasteiger partial charge in [0.1, 0.15) is 0 Å². The highest BCUT2D eigenvalue weighted by atomic mass is 79.9. The van der Waals surface area contributed by atoms with Crippen molar-refractivity contribution in [2.45, 2.75) is 46.7 Å². The van der Waals surface area contributed by atoms with Crippen molar-refractivity contribution in [3.05, 3.63) is 34.3 Å². The van der Waals surface area contributed by atoms with E-state index < -0.39 is 0 Å². The Kier molecular flexibility index (Phi) is 7.21. The fourth-order valence-corrected chi connectivity index (χ4v) is 2.69. The minimum Gasteiger partial charge on any atom is -0.314 e. The summed E-state index contributed by atoms with van der Waals surface area (Å²) in [5, 5.41) is 3.62. The Morgan fingerprint density at radius 1 is 1.25 bits per heavy atom. The fraction of sp³-hybridized carbons (Fsp3) is 0.647. The van der Waals surface area contributed by atoms with Crippen LogP contribution in [0.4, 0.5) is 0 Å². The summed E-state index contributed by atoms with van der Waals surface area (Å²) in [4.78, 5) is 2.41. The highest BCUT2D eigenvalue weighted by molar-refractivity contribution is 9.10. The zero-order valence-electron chi connectivity index (χ0n) is 13.5. The van der Waals surface area contributed by atoms with E-state index in [4.69, 9.17) is 0 Å². The largest absolute Gasteiger partial charge is 0.314 e. The number of nitrogens with one attached hydrogen (secondary N) is 1. The van der Waals surface area contributed by atoms with Crippen LogP contribution in [0, 0.1) is 5.41 Å². The molecule has 0 heterocycles. The first kappa shape index (κ1) is 17.7. The molecule has 0 radical (unpaired) electrons. The molecule has 3 heteroatoms. The maximum Gasteiger partial charge on any atom is 0.0230 e. The molecule has 1 aromatic carbocycles. The second kappa shape index (κ2) is 8.16. The number of hydrogen-bond acceptors (Lipinski definition) is 2. The van der Waals surface area contributed by atoms with Crippen LogP contribution in [0.15, 0.2) is 28.7 Å². The SMILES string of the molecule is CCCNC(C)C(C)(C)CN(C)Cc1ccc(Br)cc1. The lowest BCUT2D eigenvalue weighted by Gasteiger charge is -2.36. The van der Waals surface area contributed by atoms with E-state index in [2.05, 4.69) is 85.2 Å². The molecule has 0 saturated carbocycles. The van der Waals surface area contributed by atoms with Gasteiger partial charge in [0.2, 0.25) is 0 Å². The predicted molar refractivity (Wildman–Crippen MR) is 92.0 cm³/mol. The minimum atomic E-state index is 0.263. The molecule has 1 aromatic rings. The Bertz CT molecular complexity index is 386. The maximum atomic E-state index is 3.62. The molecule has 1 rings (SSSR count). The molecule has 0 amide bonds. The Labute approximate surface area is 133 Å². The highest BCUT2D eigenvalue weighted by Crippen LogP contribution is 2.22. The van der Waals surface area contributed by atoms with Gasteiger partial charge in [0.05, 0.1) is 0 Å². The van der Waals surface area contributed by atoms with Gasteiger partial charge in [-0.1, -0.05) is 48.8 Å². The van der Waals surface area contributed by atoms with E-state index >= 15 is 0 Å². The summed E-state index contributed by atoms with van der Waals surface area (Å²) in [6.07, 6.45) is 1.19. The first-order valence-electron chi connectivity index (χ1n) is 7.51. The third-order valence-electron chi connectivity index (χ3n) is 3.92. The Balaban J connectivity index is 2.51. The van der Waals surface area contributed by atoms with Crippen LogP contribution in [0.2, 0.25) is 0 Å². The van der Waals surface area contributed by atoms with Crippen molar-refractivity contribution >= 4 is 15.9 Å². The molecule has 114 valence electrons. The maximum absolute atomic E-state index is 3.62. The molecule has 1 atom stereocenters. The van der Waals surface area contributed by atoms with E-state index in [0.717, 1.165) is 24.1 Å². The topological polar surface area (TPSA) is 15.3 Å².